The molecular weight excluding hydrogens is 192 g/mol. The van der Waals surface area contributed by atoms with Gasteiger partial charge >= 0.3 is 5.97 Å². The Hall–Kier alpha value is -1.48. The van der Waals surface area contributed by atoms with Gasteiger partial charge in [-0.2, -0.15) is 0 Å². The lowest BCUT2D eigenvalue weighted by atomic mass is 10.3. The summed E-state index contributed by atoms with van der Waals surface area (Å²) < 4.78 is 4.69. The molecule has 1 aromatic carbocycles. The Balaban J connectivity index is 2.99. The first-order valence-electron chi connectivity index (χ1n) is 3.47. The van der Waals surface area contributed by atoms with E-state index >= 15 is 0 Å². The highest BCUT2D eigenvalue weighted by atomic mass is 35.5. The summed E-state index contributed by atoms with van der Waals surface area (Å²) in [6, 6.07) is 4.42. The summed E-state index contributed by atoms with van der Waals surface area (Å²) in [6.45, 7) is 3.22. The molecule has 0 bridgehead atoms. The fourth-order valence-electron chi connectivity index (χ4n) is 0.741. The number of carbonyl (C=O) groups excluding carboxylic acids is 1. The van der Waals surface area contributed by atoms with Crippen LogP contribution in [0.5, 0.6) is 11.5 Å². The molecule has 0 saturated carbocycles. The number of aromatic hydroxyl groups is 1. The third-order valence-electron chi connectivity index (χ3n) is 1.32. The standard InChI is InChI=1S/C9H7ClO3/c1-2-8(12)13-9-6(10)4-3-5-7(9)11/h2-5,11H,1H2. The van der Waals surface area contributed by atoms with Crippen molar-refractivity contribution < 1.29 is 14.6 Å². The molecule has 1 rings (SSSR count). The van der Waals surface area contributed by atoms with Crippen LogP contribution in [-0.4, -0.2) is 11.1 Å². The van der Waals surface area contributed by atoms with Crippen molar-refractivity contribution in [2.24, 2.45) is 0 Å². The molecule has 0 aliphatic rings. The fourth-order valence-corrected chi connectivity index (χ4v) is 0.949. The van der Waals surface area contributed by atoms with Gasteiger partial charge < -0.3 is 9.84 Å². The molecule has 0 radical (unpaired) electrons. The van der Waals surface area contributed by atoms with E-state index in [1.54, 1.807) is 6.07 Å². The molecule has 0 aliphatic heterocycles. The number of ether oxygens (including phenoxy) is 1. The van der Waals surface area contributed by atoms with Gasteiger partial charge in [0.05, 0.1) is 5.02 Å². The van der Waals surface area contributed by atoms with Gasteiger partial charge in [0.25, 0.3) is 0 Å². The van der Waals surface area contributed by atoms with Gasteiger partial charge in [0, 0.05) is 6.08 Å². The Morgan fingerprint density at radius 3 is 2.85 bits per heavy atom. The third-order valence-corrected chi connectivity index (χ3v) is 1.61. The molecule has 0 saturated heterocycles. The van der Waals surface area contributed by atoms with E-state index in [-0.39, 0.29) is 16.5 Å². The number of phenolic OH excluding ortho intramolecular Hbond substituents is 1. The minimum atomic E-state index is -0.664. The molecule has 0 aromatic heterocycles. The number of halogens is 1. The van der Waals surface area contributed by atoms with Crippen LogP contribution in [0.15, 0.2) is 30.9 Å². The summed E-state index contributed by atoms with van der Waals surface area (Å²) in [5.74, 6) is -0.889. The third kappa shape index (κ3) is 2.23. The molecule has 0 aliphatic carbocycles. The molecule has 4 heteroatoms. The van der Waals surface area contributed by atoms with Crippen LogP contribution < -0.4 is 4.74 Å². The number of rotatable bonds is 2. The second-order valence-corrected chi connectivity index (χ2v) is 2.62. The number of hydrogen-bond donors (Lipinski definition) is 1. The highest BCUT2D eigenvalue weighted by Crippen LogP contribution is 2.33. The van der Waals surface area contributed by atoms with Crippen molar-refractivity contribution in [2.75, 3.05) is 0 Å². The van der Waals surface area contributed by atoms with Gasteiger partial charge in [-0.25, -0.2) is 4.79 Å². The smallest absolute Gasteiger partial charge is 0.335 e. The maximum Gasteiger partial charge on any atom is 0.335 e. The number of phenols is 1. The summed E-state index contributed by atoms with van der Waals surface area (Å²) >= 11 is 5.66. The van der Waals surface area contributed by atoms with Crippen molar-refractivity contribution >= 4 is 17.6 Å². The van der Waals surface area contributed by atoms with Crippen LogP contribution in [-0.2, 0) is 4.79 Å². The predicted octanol–water partition coefficient (Wildman–Crippen LogP) is 2.14. The van der Waals surface area contributed by atoms with Gasteiger partial charge in [0.1, 0.15) is 0 Å². The summed E-state index contributed by atoms with van der Waals surface area (Å²) in [6.07, 6.45) is 0.989. The average Bonchev–Trinajstić information content (AvgIpc) is 2.11. The molecule has 0 fully saturated rings. The Kier molecular flexibility index (Phi) is 2.93. The average molecular weight is 199 g/mol. The van der Waals surface area contributed by atoms with E-state index in [0.29, 0.717) is 0 Å². The number of benzene rings is 1. The first-order valence-corrected chi connectivity index (χ1v) is 3.84. The molecule has 0 spiro atoms. The van der Waals surface area contributed by atoms with E-state index in [4.69, 9.17) is 11.6 Å². The SMILES string of the molecule is C=CC(=O)Oc1c(O)cccc1Cl. The monoisotopic (exact) mass is 198 g/mol. The summed E-state index contributed by atoms with van der Waals surface area (Å²) in [5, 5.41) is 9.42. The fraction of sp³-hybridized carbons (Fsp3) is 0. The van der Waals surface area contributed by atoms with Crippen LogP contribution in [0.25, 0.3) is 0 Å². The predicted molar refractivity (Wildman–Crippen MR) is 48.9 cm³/mol. The Labute approximate surface area is 80.2 Å². The van der Waals surface area contributed by atoms with Crippen molar-refractivity contribution in [1.82, 2.24) is 0 Å². The zero-order valence-corrected chi connectivity index (χ0v) is 7.41. The molecule has 0 amide bonds. The minimum Gasteiger partial charge on any atom is -0.504 e. The van der Waals surface area contributed by atoms with E-state index in [2.05, 4.69) is 11.3 Å². The van der Waals surface area contributed by atoms with E-state index in [9.17, 15) is 9.90 Å². The lowest BCUT2D eigenvalue weighted by Crippen LogP contribution is -2.03. The van der Waals surface area contributed by atoms with Crippen LogP contribution >= 0.6 is 11.6 Å². The van der Waals surface area contributed by atoms with Crippen LogP contribution in [0.4, 0.5) is 0 Å². The maximum atomic E-state index is 10.8. The Bertz CT molecular complexity index is 326. The zero-order chi connectivity index (χ0) is 9.84. The highest BCUT2D eigenvalue weighted by Gasteiger charge is 2.09. The van der Waals surface area contributed by atoms with Crippen LogP contribution in [0, 0.1) is 0 Å². The van der Waals surface area contributed by atoms with Crippen LogP contribution in [0.1, 0.15) is 0 Å². The van der Waals surface area contributed by atoms with E-state index in [1.165, 1.54) is 12.1 Å². The van der Waals surface area contributed by atoms with Gasteiger partial charge in [-0.05, 0) is 12.1 Å². The molecular formula is C9H7ClO3. The summed E-state index contributed by atoms with van der Waals surface area (Å²) in [7, 11) is 0. The quantitative estimate of drug-likeness (QED) is 0.450. The normalized spacial score (nSPS) is 9.31. The van der Waals surface area contributed by atoms with Gasteiger partial charge in [-0.15, -0.1) is 0 Å². The largest absolute Gasteiger partial charge is 0.504 e. The van der Waals surface area contributed by atoms with E-state index in [0.717, 1.165) is 6.08 Å². The molecule has 0 unspecified atom stereocenters. The van der Waals surface area contributed by atoms with Gasteiger partial charge in [0.2, 0.25) is 0 Å². The molecule has 0 atom stereocenters. The Morgan fingerprint density at radius 2 is 2.31 bits per heavy atom. The second kappa shape index (κ2) is 3.96. The molecule has 68 valence electrons. The zero-order valence-electron chi connectivity index (χ0n) is 6.66. The Morgan fingerprint density at radius 1 is 1.62 bits per heavy atom. The van der Waals surface area contributed by atoms with Gasteiger partial charge in [-0.3, -0.25) is 0 Å². The molecule has 1 N–H and O–H groups in total. The van der Waals surface area contributed by atoms with Crippen molar-refractivity contribution in [1.29, 1.82) is 0 Å². The van der Waals surface area contributed by atoms with E-state index in [1.807, 2.05) is 0 Å². The first kappa shape index (κ1) is 9.61. The van der Waals surface area contributed by atoms with Crippen molar-refractivity contribution in [3.05, 3.63) is 35.9 Å². The van der Waals surface area contributed by atoms with Crippen LogP contribution in [0.2, 0.25) is 5.02 Å². The highest BCUT2D eigenvalue weighted by molar-refractivity contribution is 6.32. The summed E-state index contributed by atoms with van der Waals surface area (Å²) in [4.78, 5) is 10.8. The van der Waals surface area contributed by atoms with Crippen molar-refractivity contribution in [2.45, 2.75) is 0 Å². The molecule has 3 nitrogen and oxygen atoms in total. The van der Waals surface area contributed by atoms with Crippen molar-refractivity contribution in [3.63, 3.8) is 0 Å². The number of para-hydroxylation sites is 1. The first-order chi connectivity index (χ1) is 6.15. The number of carbonyl (C=O) groups is 1. The minimum absolute atomic E-state index is 0.0472. The molecule has 13 heavy (non-hydrogen) atoms. The number of hydrogen-bond acceptors (Lipinski definition) is 3. The topological polar surface area (TPSA) is 46.5 Å². The van der Waals surface area contributed by atoms with Gasteiger partial charge in [0.15, 0.2) is 11.5 Å². The lowest BCUT2D eigenvalue weighted by Gasteiger charge is -2.04. The second-order valence-electron chi connectivity index (χ2n) is 2.21. The maximum absolute atomic E-state index is 10.8. The van der Waals surface area contributed by atoms with Crippen LogP contribution in [0.3, 0.4) is 0 Å². The van der Waals surface area contributed by atoms with Crippen molar-refractivity contribution in [3.8, 4) is 11.5 Å². The molecule has 0 heterocycles. The lowest BCUT2D eigenvalue weighted by molar-refractivity contribution is -0.129. The van der Waals surface area contributed by atoms with Gasteiger partial charge in [-0.1, -0.05) is 24.2 Å². The number of esters is 1. The summed E-state index contributed by atoms with van der Waals surface area (Å²) in [5.41, 5.74) is 0. The van der Waals surface area contributed by atoms with E-state index < -0.39 is 5.97 Å². The molecule has 1 aromatic rings.